The SMILES string of the molecule is COc1ccc(-c2cnc(CCC(=O)N[C@H](C)c3ccccc3)o2)cc1. The van der Waals surface area contributed by atoms with Crippen molar-refractivity contribution in [3.05, 3.63) is 72.2 Å². The molecule has 1 amide bonds. The van der Waals surface area contributed by atoms with Crippen molar-refractivity contribution in [2.75, 3.05) is 7.11 Å². The molecule has 0 spiro atoms. The number of oxazole rings is 1. The average Bonchev–Trinajstić information content (AvgIpc) is 3.16. The van der Waals surface area contributed by atoms with E-state index in [-0.39, 0.29) is 11.9 Å². The van der Waals surface area contributed by atoms with Gasteiger partial charge in [0.15, 0.2) is 11.7 Å². The van der Waals surface area contributed by atoms with E-state index in [0.717, 1.165) is 16.9 Å². The van der Waals surface area contributed by atoms with Gasteiger partial charge < -0.3 is 14.5 Å². The van der Waals surface area contributed by atoms with Gasteiger partial charge in [0, 0.05) is 18.4 Å². The number of nitrogens with one attached hydrogen (secondary N) is 1. The maximum atomic E-state index is 12.2. The zero-order valence-corrected chi connectivity index (χ0v) is 14.9. The quantitative estimate of drug-likeness (QED) is 0.695. The van der Waals surface area contributed by atoms with Gasteiger partial charge in [0.25, 0.3) is 0 Å². The van der Waals surface area contributed by atoms with Gasteiger partial charge in [-0.15, -0.1) is 0 Å². The van der Waals surface area contributed by atoms with E-state index in [2.05, 4.69) is 10.3 Å². The Labute approximate surface area is 153 Å². The van der Waals surface area contributed by atoms with Gasteiger partial charge in [-0.25, -0.2) is 4.98 Å². The molecule has 5 nitrogen and oxygen atoms in total. The van der Waals surface area contributed by atoms with E-state index in [4.69, 9.17) is 9.15 Å². The molecule has 1 heterocycles. The van der Waals surface area contributed by atoms with Crippen molar-refractivity contribution in [2.24, 2.45) is 0 Å². The molecule has 26 heavy (non-hydrogen) atoms. The van der Waals surface area contributed by atoms with Gasteiger partial charge in [-0.2, -0.15) is 0 Å². The highest BCUT2D eigenvalue weighted by molar-refractivity contribution is 5.76. The topological polar surface area (TPSA) is 64.4 Å². The summed E-state index contributed by atoms with van der Waals surface area (Å²) in [5.41, 5.74) is 2.01. The number of aromatic nitrogens is 1. The van der Waals surface area contributed by atoms with Crippen LogP contribution in [0.15, 0.2) is 65.2 Å². The molecule has 0 saturated carbocycles. The van der Waals surface area contributed by atoms with Crippen LogP contribution in [-0.2, 0) is 11.2 Å². The van der Waals surface area contributed by atoms with Gasteiger partial charge in [-0.1, -0.05) is 30.3 Å². The summed E-state index contributed by atoms with van der Waals surface area (Å²) in [5.74, 6) is 2.00. The van der Waals surface area contributed by atoms with Gasteiger partial charge in [0.05, 0.1) is 19.3 Å². The zero-order chi connectivity index (χ0) is 18.4. The summed E-state index contributed by atoms with van der Waals surface area (Å²) in [6, 6.07) is 17.4. The van der Waals surface area contributed by atoms with Crippen molar-refractivity contribution >= 4 is 5.91 Å². The van der Waals surface area contributed by atoms with E-state index < -0.39 is 0 Å². The lowest BCUT2D eigenvalue weighted by molar-refractivity contribution is -0.121. The van der Waals surface area contributed by atoms with Crippen molar-refractivity contribution in [3.63, 3.8) is 0 Å². The Bertz CT molecular complexity index is 841. The van der Waals surface area contributed by atoms with Crippen LogP contribution in [0.5, 0.6) is 5.75 Å². The lowest BCUT2D eigenvalue weighted by Gasteiger charge is -2.13. The molecule has 3 aromatic rings. The second-order valence-electron chi connectivity index (χ2n) is 6.05. The summed E-state index contributed by atoms with van der Waals surface area (Å²) < 4.78 is 10.9. The van der Waals surface area contributed by atoms with Gasteiger partial charge in [0.2, 0.25) is 5.91 Å². The number of carbonyl (C=O) groups excluding carboxylic acids is 1. The van der Waals surface area contributed by atoms with Crippen molar-refractivity contribution in [1.29, 1.82) is 0 Å². The largest absolute Gasteiger partial charge is 0.497 e. The third kappa shape index (κ3) is 4.51. The third-order valence-electron chi connectivity index (χ3n) is 4.17. The first kappa shape index (κ1) is 17.7. The maximum Gasteiger partial charge on any atom is 0.220 e. The minimum Gasteiger partial charge on any atom is -0.497 e. The number of aryl methyl sites for hydroxylation is 1. The number of hydrogen-bond acceptors (Lipinski definition) is 4. The first-order valence-corrected chi connectivity index (χ1v) is 8.59. The molecule has 0 fully saturated rings. The minimum absolute atomic E-state index is 0.0226. The highest BCUT2D eigenvalue weighted by Crippen LogP contribution is 2.23. The number of rotatable bonds is 7. The highest BCUT2D eigenvalue weighted by atomic mass is 16.5. The number of benzene rings is 2. The Morgan fingerprint density at radius 3 is 2.58 bits per heavy atom. The summed E-state index contributed by atoms with van der Waals surface area (Å²) in [6.07, 6.45) is 2.48. The molecule has 3 rings (SSSR count). The molecular formula is C21H22N2O3. The van der Waals surface area contributed by atoms with Gasteiger partial charge in [-0.3, -0.25) is 4.79 Å². The van der Waals surface area contributed by atoms with Gasteiger partial charge in [-0.05, 0) is 36.8 Å². The van der Waals surface area contributed by atoms with Crippen LogP contribution in [0.4, 0.5) is 0 Å². The summed E-state index contributed by atoms with van der Waals surface area (Å²) in [7, 11) is 1.63. The molecule has 0 radical (unpaired) electrons. The molecule has 134 valence electrons. The van der Waals surface area contributed by atoms with E-state index in [1.807, 2.05) is 61.5 Å². The monoisotopic (exact) mass is 350 g/mol. The molecule has 0 saturated heterocycles. The van der Waals surface area contributed by atoms with Crippen LogP contribution < -0.4 is 10.1 Å². The predicted molar refractivity (Wildman–Crippen MR) is 99.8 cm³/mol. The Balaban J connectivity index is 1.53. The third-order valence-corrected chi connectivity index (χ3v) is 4.17. The Morgan fingerprint density at radius 1 is 1.15 bits per heavy atom. The number of nitrogens with zero attached hydrogens (tertiary/aromatic N) is 1. The summed E-state index contributed by atoms with van der Waals surface area (Å²) in [4.78, 5) is 16.4. The fraction of sp³-hybridized carbons (Fsp3) is 0.238. The Kier molecular flexibility index (Phi) is 5.69. The van der Waals surface area contributed by atoms with Gasteiger partial charge in [0.1, 0.15) is 5.75 Å². The molecule has 1 atom stereocenters. The van der Waals surface area contributed by atoms with Crippen molar-refractivity contribution < 1.29 is 13.9 Å². The number of carbonyl (C=O) groups is 1. The lowest BCUT2D eigenvalue weighted by Crippen LogP contribution is -2.26. The van der Waals surface area contributed by atoms with E-state index in [1.165, 1.54) is 0 Å². The van der Waals surface area contributed by atoms with E-state index >= 15 is 0 Å². The summed E-state index contributed by atoms with van der Waals surface area (Å²) >= 11 is 0. The molecule has 0 bridgehead atoms. The van der Waals surface area contributed by atoms with Crippen LogP contribution in [0, 0.1) is 0 Å². The molecule has 5 heteroatoms. The second-order valence-corrected chi connectivity index (χ2v) is 6.05. The van der Waals surface area contributed by atoms with E-state index in [0.29, 0.717) is 24.5 Å². The standard InChI is InChI=1S/C21H22N2O3/c1-15(16-6-4-3-5-7-16)23-20(24)12-13-21-22-14-19(26-21)17-8-10-18(25-2)11-9-17/h3-11,14-15H,12-13H2,1-2H3,(H,23,24)/t15-/m1/s1. The predicted octanol–water partition coefficient (Wildman–Crippen LogP) is 4.16. The molecule has 2 aromatic carbocycles. The summed E-state index contributed by atoms with van der Waals surface area (Å²) in [5, 5.41) is 3.00. The number of amides is 1. The molecule has 0 aliphatic carbocycles. The number of hydrogen-bond donors (Lipinski definition) is 1. The van der Waals surface area contributed by atoms with Crippen LogP contribution >= 0.6 is 0 Å². The summed E-state index contributed by atoms with van der Waals surface area (Å²) in [6.45, 7) is 1.97. The normalized spacial score (nSPS) is 11.8. The first-order chi connectivity index (χ1) is 12.7. The second kappa shape index (κ2) is 8.34. The van der Waals surface area contributed by atoms with Crippen LogP contribution in [-0.4, -0.2) is 18.0 Å². The number of methoxy groups -OCH3 is 1. The Morgan fingerprint density at radius 2 is 1.88 bits per heavy atom. The molecule has 0 aliphatic rings. The van der Waals surface area contributed by atoms with Crippen molar-refractivity contribution in [1.82, 2.24) is 10.3 Å². The molecule has 0 unspecified atom stereocenters. The number of ether oxygens (including phenoxy) is 1. The smallest absolute Gasteiger partial charge is 0.220 e. The molecular weight excluding hydrogens is 328 g/mol. The Hall–Kier alpha value is -3.08. The maximum absolute atomic E-state index is 12.2. The molecule has 0 aliphatic heterocycles. The van der Waals surface area contributed by atoms with Crippen molar-refractivity contribution in [3.8, 4) is 17.1 Å². The zero-order valence-electron chi connectivity index (χ0n) is 14.9. The van der Waals surface area contributed by atoms with E-state index in [1.54, 1.807) is 13.3 Å². The lowest BCUT2D eigenvalue weighted by atomic mass is 10.1. The fourth-order valence-corrected chi connectivity index (χ4v) is 2.67. The van der Waals surface area contributed by atoms with Crippen LogP contribution in [0.25, 0.3) is 11.3 Å². The van der Waals surface area contributed by atoms with Gasteiger partial charge >= 0.3 is 0 Å². The first-order valence-electron chi connectivity index (χ1n) is 8.59. The van der Waals surface area contributed by atoms with Crippen LogP contribution in [0.1, 0.15) is 30.8 Å². The average molecular weight is 350 g/mol. The van der Waals surface area contributed by atoms with Crippen LogP contribution in [0.2, 0.25) is 0 Å². The fourth-order valence-electron chi connectivity index (χ4n) is 2.67. The van der Waals surface area contributed by atoms with Crippen LogP contribution in [0.3, 0.4) is 0 Å². The van der Waals surface area contributed by atoms with Crippen molar-refractivity contribution in [2.45, 2.75) is 25.8 Å². The van der Waals surface area contributed by atoms with E-state index in [9.17, 15) is 4.79 Å². The molecule has 1 N–H and O–H groups in total. The highest BCUT2D eigenvalue weighted by Gasteiger charge is 2.12. The minimum atomic E-state index is -0.0249. The molecule has 1 aromatic heterocycles.